The second-order valence-corrected chi connectivity index (χ2v) is 7.52. The minimum Gasteiger partial charge on any atom is -0.491 e. The standard InChI is InChI=1S/C25H29N9O3/c1-35-15-16-36-19-6-4-18(5-7-19)32-11-8-31(9-12-32)10-13-33-23-20(17-27-33)24-28-22(21-3-2-14-37-21)30-34(24)25(26)29-23/h2-7,14,17H,8-13,15-16H2,1H3,(H2,26,29)/i8D2,9D2,10D2,11D2,12D2,13D2,17D. The Morgan fingerprint density at radius 3 is 2.68 bits per heavy atom. The maximum Gasteiger partial charge on any atom is 0.225 e. The topological polar surface area (TPSA) is 125 Å². The van der Waals surface area contributed by atoms with Crippen LogP contribution in [-0.4, -0.2) is 87.1 Å². The van der Waals surface area contributed by atoms with Gasteiger partial charge in [-0.2, -0.15) is 14.6 Å². The van der Waals surface area contributed by atoms with Gasteiger partial charge in [-0.3, -0.25) is 4.90 Å². The van der Waals surface area contributed by atoms with Crippen LogP contribution in [0.4, 0.5) is 11.6 Å². The molecular weight excluding hydrogens is 474 g/mol. The quantitative estimate of drug-likeness (QED) is 0.291. The summed E-state index contributed by atoms with van der Waals surface area (Å²) in [5, 5.41) is 7.74. The van der Waals surface area contributed by atoms with Crippen molar-refractivity contribution in [1.29, 1.82) is 0 Å². The Balaban J connectivity index is 1.46. The van der Waals surface area contributed by atoms with E-state index in [0.29, 0.717) is 0 Å². The molecule has 0 unspecified atom stereocenters. The number of fused-ring (bicyclic) bond motifs is 3. The van der Waals surface area contributed by atoms with Gasteiger partial charge in [-0.15, -0.1) is 5.10 Å². The lowest BCUT2D eigenvalue weighted by Crippen LogP contribution is -2.47. The van der Waals surface area contributed by atoms with E-state index < -0.39 is 61.6 Å². The number of rotatable bonds is 9. The normalized spacial score (nSPS) is 26.1. The number of aryl methyl sites for hydroxylation is 1. The molecular formula is C25H29N9O3. The van der Waals surface area contributed by atoms with Gasteiger partial charge in [-0.25, -0.2) is 9.67 Å². The lowest BCUT2D eigenvalue weighted by Gasteiger charge is -2.36. The highest BCUT2D eigenvalue weighted by Crippen LogP contribution is 2.24. The number of benzene rings is 1. The molecule has 5 heterocycles. The third-order valence-corrected chi connectivity index (χ3v) is 5.16. The van der Waals surface area contributed by atoms with Crippen molar-refractivity contribution in [1.82, 2.24) is 34.3 Å². The Labute approximate surface area is 231 Å². The van der Waals surface area contributed by atoms with Crippen LogP contribution < -0.4 is 15.4 Å². The molecule has 0 atom stereocenters. The van der Waals surface area contributed by atoms with Gasteiger partial charge in [0, 0.05) is 53.5 Å². The number of hydrogen-bond donors (Lipinski definition) is 1. The van der Waals surface area contributed by atoms with Crippen LogP contribution in [0.15, 0.2) is 53.3 Å². The van der Waals surface area contributed by atoms with E-state index in [1.165, 1.54) is 37.6 Å². The maximum absolute atomic E-state index is 8.94. The second-order valence-electron chi connectivity index (χ2n) is 7.52. The molecule has 12 nitrogen and oxygen atoms in total. The van der Waals surface area contributed by atoms with Crippen molar-refractivity contribution in [3.63, 3.8) is 0 Å². The Hall–Kier alpha value is -4.16. The molecule has 0 radical (unpaired) electrons. The number of furan rings is 1. The molecule has 1 aromatic carbocycles. The van der Waals surface area contributed by atoms with Gasteiger partial charge in [-0.05, 0) is 36.4 Å². The summed E-state index contributed by atoms with van der Waals surface area (Å²) < 4.78 is 132. The molecule has 12 heteroatoms. The van der Waals surface area contributed by atoms with Crippen LogP contribution in [0.25, 0.3) is 28.3 Å². The molecule has 2 N–H and O–H groups in total. The minimum absolute atomic E-state index is 0.0125. The summed E-state index contributed by atoms with van der Waals surface area (Å²) in [6, 6.07) is 8.13. The number of hydrogen-bond acceptors (Lipinski definition) is 10. The molecule has 192 valence electrons. The van der Waals surface area contributed by atoms with Gasteiger partial charge in [0.15, 0.2) is 17.1 Å². The fourth-order valence-electron chi connectivity index (χ4n) is 3.41. The molecule has 6 rings (SSSR count). The second kappa shape index (κ2) is 10.1. The largest absolute Gasteiger partial charge is 0.491 e. The Bertz CT molecular complexity index is 2020. The molecule has 4 aromatic heterocycles. The first kappa shape index (κ1) is 12.9. The van der Waals surface area contributed by atoms with Crippen LogP contribution in [0.1, 0.15) is 17.8 Å². The summed E-state index contributed by atoms with van der Waals surface area (Å²) in [6.45, 7) is -22.0. The van der Waals surface area contributed by atoms with Crippen LogP contribution in [0, 0.1) is 0 Å². The Morgan fingerprint density at radius 2 is 1.92 bits per heavy atom. The van der Waals surface area contributed by atoms with Crippen molar-refractivity contribution in [3.05, 3.63) is 48.8 Å². The van der Waals surface area contributed by atoms with Crippen molar-refractivity contribution in [3.8, 4) is 17.3 Å². The third kappa shape index (κ3) is 4.68. The highest BCUT2D eigenvalue weighted by atomic mass is 16.5. The van der Waals surface area contributed by atoms with E-state index in [9.17, 15) is 0 Å². The van der Waals surface area contributed by atoms with Crippen molar-refractivity contribution in [2.24, 2.45) is 0 Å². The maximum atomic E-state index is 8.94. The number of piperazine rings is 1. The highest BCUT2D eigenvalue weighted by Gasteiger charge is 2.20. The molecule has 37 heavy (non-hydrogen) atoms. The molecule has 0 amide bonds. The average Bonchev–Trinajstić information content (AvgIpc) is 3.76. The van der Waals surface area contributed by atoms with Crippen LogP contribution in [0.5, 0.6) is 5.75 Å². The summed E-state index contributed by atoms with van der Waals surface area (Å²) >= 11 is 0. The predicted octanol–water partition coefficient (Wildman–Crippen LogP) is 2.16. The summed E-state index contributed by atoms with van der Waals surface area (Å²) in [4.78, 5) is 8.10. The molecule has 0 bridgehead atoms. The zero-order valence-corrected chi connectivity index (χ0v) is 19.3. The van der Waals surface area contributed by atoms with Crippen LogP contribution in [0.3, 0.4) is 0 Å². The van der Waals surface area contributed by atoms with E-state index in [1.54, 1.807) is 12.1 Å². The van der Waals surface area contributed by atoms with Crippen molar-refractivity contribution < 1.29 is 31.7 Å². The van der Waals surface area contributed by atoms with Gasteiger partial charge >= 0.3 is 0 Å². The monoisotopic (exact) mass is 516 g/mol. The molecule has 0 saturated carbocycles. The van der Waals surface area contributed by atoms with Gasteiger partial charge in [-0.1, -0.05) is 0 Å². The third-order valence-electron chi connectivity index (χ3n) is 5.16. The van der Waals surface area contributed by atoms with E-state index in [4.69, 9.17) is 37.4 Å². The molecule has 0 aliphatic carbocycles. The average molecular weight is 517 g/mol. The first-order valence-corrected chi connectivity index (χ1v) is 10.9. The van der Waals surface area contributed by atoms with Crippen LogP contribution in [-0.2, 0) is 11.2 Å². The molecule has 1 saturated heterocycles. The summed E-state index contributed by atoms with van der Waals surface area (Å²) in [7, 11) is 1.47. The SMILES string of the molecule is [2H]c1nn(C([2H])([2H])C([2H])([2H])N2C([2H])([2H])C([2H])([2H])N(c3ccc(OCCOC)cc3)C([2H])([2H])C2([2H])[2H])c2nc(N)n3nc(-c4ccco4)nc3c12. The summed E-state index contributed by atoms with van der Waals surface area (Å²) in [5.41, 5.74) is 5.05. The van der Waals surface area contributed by atoms with E-state index in [1.807, 2.05) is 0 Å². The fraction of sp³-hybridized carbons (Fsp3) is 0.360. The van der Waals surface area contributed by atoms with Gasteiger partial charge in [0.2, 0.25) is 11.8 Å². The zero-order chi connectivity index (χ0) is 36.8. The van der Waals surface area contributed by atoms with Crippen LogP contribution in [0.2, 0.25) is 0 Å². The molecule has 1 aliphatic heterocycles. The van der Waals surface area contributed by atoms with Crippen molar-refractivity contribution in [2.45, 2.75) is 6.50 Å². The summed E-state index contributed by atoms with van der Waals surface area (Å²) in [5.74, 6) is 0.0948. The number of methoxy groups -OCH3 is 1. The van der Waals surface area contributed by atoms with E-state index >= 15 is 0 Å². The fourth-order valence-corrected chi connectivity index (χ4v) is 3.41. The smallest absolute Gasteiger partial charge is 0.225 e. The Morgan fingerprint density at radius 1 is 1.08 bits per heavy atom. The van der Waals surface area contributed by atoms with E-state index in [2.05, 4.69) is 20.2 Å². The molecule has 1 fully saturated rings. The first-order valence-electron chi connectivity index (χ1n) is 17.4. The van der Waals surface area contributed by atoms with Gasteiger partial charge in [0.25, 0.3) is 0 Å². The number of aromatic nitrogens is 6. The van der Waals surface area contributed by atoms with E-state index in [0.717, 1.165) is 4.52 Å². The van der Waals surface area contributed by atoms with Gasteiger partial charge in [0.05, 0.1) is 40.5 Å². The number of nitrogens with zero attached hydrogens (tertiary/aromatic N) is 8. The first-order chi connectivity index (χ1) is 23.1. The number of nitrogen functional groups attached to an aromatic ring is 1. The minimum atomic E-state index is -3.97. The van der Waals surface area contributed by atoms with Crippen molar-refractivity contribution in [2.75, 3.05) is 63.4 Å². The lowest BCUT2D eigenvalue weighted by atomic mass is 10.2. The number of anilines is 2. The molecule has 5 aromatic rings. The molecule has 0 spiro atoms. The number of ether oxygens (including phenoxy) is 2. The van der Waals surface area contributed by atoms with Gasteiger partial charge in [0.1, 0.15) is 12.4 Å². The summed E-state index contributed by atoms with van der Waals surface area (Å²) in [6.07, 6.45) is 0.674. The van der Waals surface area contributed by atoms with Gasteiger partial charge < -0.3 is 24.5 Å². The Kier molecular flexibility index (Phi) is 3.51. The lowest BCUT2D eigenvalue weighted by molar-refractivity contribution is 0.146. The van der Waals surface area contributed by atoms with Crippen LogP contribution >= 0.6 is 0 Å². The predicted molar refractivity (Wildman–Crippen MR) is 139 cm³/mol. The van der Waals surface area contributed by atoms with Crippen molar-refractivity contribution >= 4 is 28.3 Å². The molecule has 1 aliphatic rings. The highest BCUT2D eigenvalue weighted by molar-refractivity contribution is 5.90. The van der Waals surface area contributed by atoms with E-state index in [-0.39, 0.29) is 56.9 Å². The zero-order valence-electron chi connectivity index (χ0n) is 32.3. The number of nitrogens with two attached hydrogens (primary N) is 1.